The lowest BCUT2D eigenvalue weighted by Crippen LogP contribution is -2.31. The number of carboxylic acid groups (broad SMARTS) is 1. The lowest BCUT2D eigenvalue weighted by atomic mass is 10.0. The fourth-order valence-electron chi connectivity index (χ4n) is 3.04. The predicted octanol–water partition coefficient (Wildman–Crippen LogP) is 2.60. The van der Waals surface area contributed by atoms with Crippen LogP contribution in [0.2, 0.25) is 0 Å². The molecule has 0 radical (unpaired) electrons. The maximum Gasteiger partial charge on any atom is 0.337 e. The van der Waals surface area contributed by atoms with Crippen LogP contribution in [0.25, 0.3) is 0 Å². The van der Waals surface area contributed by atoms with Crippen molar-refractivity contribution in [3.05, 3.63) is 58.9 Å². The first kappa shape index (κ1) is 16.3. The van der Waals surface area contributed by atoms with Crippen LogP contribution in [0, 0.1) is 0 Å². The molecule has 1 aromatic heterocycles. The van der Waals surface area contributed by atoms with Gasteiger partial charge in [-0.2, -0.15) is 0 Å². The third-order valence-corrected chi connectivity index (χ3v) is 4.29. The molecule has 126 valence electrons. The van der Waals surface area contributed by atoms with Crippen LogP contribution < -0.4 is 5.32 Å². The third kappa shape index (κ3) is 3.05. The molecule has 1 atom stereocenters. The fraction of sp³-hybridized carbons (Fsp3) is 0.333. The summed E-state index contributed by atoms with van der Waals surface area (Å²) in [6.45, 7) is 3.16. The number of carbonyl (C=O) groups excluding carboxylic acids is 1. The summed E-state index contributed by atoms with van der Waals surface area (Å²) in [6.07, 6.45) is 0.748. The average molecular weight is 328 g/mol. The van der Waals surface area contributed by atoms with Crippen LogP contribution in [-0.2, 0) is 17.9 Å². The van der Waals surface area contributed by atoms with Gasteiger partial charge in [0.2, 0.25) is 0 Å². The van der Waals surface area contributed by atoms with Crippen molar-refractivity contribution in [2.75, 3.05) is 6.61 Å². The van der Waals surface area contributed by atoms with Crippen molar-refractivity contribution in [3.8, 4) is 0 Å². The van der Waals surface area contributed by atoms with E-state index in [1.165, 1.54) is 6.07 Å². The fourth-order valence-corrected chi connectivity index (χ4v) is 3.04. The van der Waals surface area contributed by atoms with Gasteiger partial charge in [0.05, 0.1) is 30.5 Å². The second kappa shape index (κ2) is 6.88. The van der Waals surface area contributed by atoms with Gasteiger partial charge in [-0.05, 0) is 18.1 Å². The molecule has 0 saturated heterocycles. The van der Waals surface area contributed by atoms with Gasteiger partial charge in [-0.3, -0.25) is 4.79 Å². The lowest BCUT2D eigenvalue weighted by Gasteiger charge is -2.21. The number of benzene rings is 1. The Morgan fingerprint density at radius 3 is 2.75 bits per heavy atom. The van der Waals surface area contributed by atoms with Crippen molar-refractivity contribution in [2.24, 2.45) is 0 Å². The second-order valence-corrected chi connectivity index (χ2v) is 5.74. The van der Waals surface area contributed by atoms with Crippen LogP contribution >= 0.6 is 0 Å². The summed E-state index contributed by atoms with van der Waals surface area (Å²) in [7, 11) is 0. The molecule has 24 heavy (non-hydrogen) atoms. The zero-order valence-electron chi connectivity index (χ0n) is 13.5. The van der Waals surface area contributed by atoms with Crippen LogP contribution in [0.3, 0.4) is 0 Å². The lowest BCUT2D eigenvalue weighted by molar-refractivity contribution is 0.0656. The summed E-state index contributed by atoms with van der Waals surface area (Å²) in [4.78, 5) is 24.1. The number of hydrogen-bond acceptors (Lipinski definition) is 3. The van der Waals surface area contributed by atoms with E-state index in [1.54, 1.807) is 4.57 Å². The molecule has 6 nitrogen and oxygen atoms in total. The number of ether oxygens (including phenoxy) is 1. The Morgan fingerprint density at radius 1 is 1.33 bits per heavy atom. The van der Waals surface area contributed by atoms with Crippen molar-refractivity contribution in [1.29, 1.82) is 0 Å². The van der Waals surface area contributed by atoms with Gasteiger partial charge in [-0.25, -0.2) is 4.79 Å². The highest BCUT2D eigenvalue weighted by Crippen LogP contribution is 2.23. The molecule has 2 heterocycles. The number of hydrogen-bond donors (Lipinski definition) is 2. The van der Waals surface area contributed by atoms with E-state index in [0.29, 0.717) is 24.5 Å². The molecule has 0 bridgehead atoms. The molecule has 0 saturated carbocycles. The van der Waals surface area contributed by atoms with Crippen molar-refractivity contribution in [2.45, 2.75) is 32.5 Å². The van der Waals surface area contributed by atoms with E-state index >= 15 is 0 Å². The minimum Gasteiger partial charge on any atom is -0.478 e. The first-order chi connectivity index (χ1) is 11.6. The van der Waals surface area contributed by atoms with Crippen LogP contribution in [0.4, 0.5) is 0 Å². The number of rotatable bonds is 5. The van der Waals surface area contributed by atoms with Crippen LogP contribution in [0.5, 0.6) is 0 Å². The smallest absolute Gasteiger partial charge is 0.337 e. The van der Waals surface area contributed by atoms with E-state index in [9.17, 15) is 14.7 Å². The topological polar surface area (TPSA) is 80.6 Å². The Hall–Kier alpha value is -2.60. The Kier molecular flexibility index (Phi) is 4.66. The average Bonchev–Trinajstić information content (AvgIpc) is 3.00. The molecule has 6 heteroatoms. The first-order valence-electron chi connectivity index (χ1n) is 8.01. The van der Waals surface area contributed by atoms with Crippen LogP contribution in [0.1, 0.15) is 51.5 Å². The van der Waals surface area contributed by atoms with Gasteiger partial charge >= 0.3 is 5.97 Å². The zero-order valence-corrected chi connectivity index (χ0v) is 13.5. The molecule has 1 aliphatic rings. The molecule has 1 aliphatic heterocycles. The van der Waals surface area contributed by atoms with Gasteiger partial charge in [0.1, 0.15) is 5.69 Å². The SMILES string of the molecule is CC[C@H](NC(=O)c1cc(C(=O)O)c2n1CCOC2)c1ccccc1. The van der Waals surface area contributed by atoms with Crippen molar-refractivity contribution < 1.29 is 19.4 Å². The molecular weight excluding hydrogens is 308 g/mol. The summed E-state index contributed by atoms with van der Waals surface area (Å²) < 4.78 is 7.09. The normalized spacial score (nSPS) is 14.7. The Labute approximate surface area is 140 Å². The van der Waals surface area contributed by atoms with Gasteiger partial charge < -0.3 is 19.7 Å². The number of nitrogens with zero attached hydrogens (tertiary/aromatic N) is 1. The highest BCUT2D eigenvalue weighted by Gasteiger charge is 2.26. The van der Waals surface area contributed by atoms with Crippen LogP contribution in [0.15, 0.2) is 36.4 Å². The Balaban J connectivity index is 1.88. The highest BCUT2D eigenvalue weighted by atomic mass is 16.5. The summed E-state index contributed by atoms with van der Waals surface area (Å²) in [5.41, 5.74) is 2.08. The number of aromatic carboxylic acids is 1. The number of carboxylic acids is 1. The van der Waals surface area contributed by atoms with Crippen molar-refractivity contribution in [1.82, 2.24) is 9.88 Å². The predicted molar refractivity (Wildman–Crippen MR) is 88.0 cm³/mol. The van der Waals surface area contributed by atoms with Gasteiger partial charge in [-0.15, -0.1) is 0 Å². The summed E-state index contributed by atoms with van der Waals surface area (Å²) in [6, 6.07) is 11.1. The minimum atomic E-state index is -1.04. The standard InChI is InChI=1S/C18H20N2O4/c1-2-14(12-6-4-3-5-7-12)19-17(21)15-10-13(18(22)23)16-11-24-9-8-20(15)16/h3-7,10,14H,2,8-9,11H2,1H3,(H,19,21)(H,22,23)/t14-/m0/s1. The van der Waals surface area contributed by atoms with E-state index in [0.717, 1.165) is 12.0 Å². The highest BCUT2D eigenvalue weighted by molar-refractivity contribution is 5.98. The maximum absolute atomic E-state index is 12.7. The van der Waals surface area contributed by atoms with E-state index in [1.807, 2.05) is 37.3 Å². The minimum absolute atomic E-state index is 0.113. The summed E-state index contributed by atoms with van der Waals surface area (Å²) in [5, 5.41) is 12.3. The Morgan fingerprint density at radius 2 is 2.08 bits per heavy atom. The van der Waals surface area contributed by atoms with E-state index < -0.39 is 5.97 Å². The second-order valence-electron chi connectivity index (χ2n) is 5.74. The molecule has 0 fully saturated rings. The Bertz CT molecular complexity index is 752. The first-order valence-corrected chi connectivity index (χ1v) is 8.01. The van der Waals surface area contributed by atoms with Crippen molar-refractivity contribution in [3.63, 3.8) is 0 Å². The number of amides is 1. The molecule has 0 spiro atoms. The molecule has 1 aromatic carbocycles. The quantitative estimate of drug-likeness (QED) is 0.884. The number of nitrogens with one attached hydrogen (secondary N) is 1. The molecule has 1 amide bonds. The van der Waals surface area contributed by atoms with Gasteiger partial charge in [0, 0.05) is 6.54 Å². The van der Waals surface area contributed by atoms with E-state index in [4.69, 9.17) is 4.74 Å². The number of fused-ring (bicyclic) bond motifs is 1. The number of carbonyl (C=O) groups is 2. The maximum atomic E-state index is 12.7. The van der Waals surface area contributed by atoms with E-state index in [-0.39, 0.29) is 24.1 Å². The third-order valence-electron chi connectivity index (χ3n) is 4.29. The molecule has 0 unspecified atom stereocenters. The van der Waals surface area contributed by atoms with E-state index in [2.05, 4.69) is 5.32 Å². The summed E-state index contributed by atoms with van der Waals surface area (Å²) >= 11 is 0. The molecule has 2 N–H and O–H groups in total. The summed E-state index contributed by atoms with van der Waals surface area (Å²) in [5.74, 6) is -1.31. The van der Waals surface area contributed by atoms with Crippen LogP contribution in [-0.4, -0.2) is 28.2 Å². The largest absolute Gasteiger partial charge is 0.478 e. The van der Waals surface area contributed by atoms with Gasteiger partial charge in [0.25, 0.3) is 5.91 Å². The van der Waals surface area contributed by atoms with Crippen molar-refractivity contribution >= 4 is 11.9 Å². The zero-order chi connectivity index (χ0) is 17.1. The number of aromatic nitrogens is 1. The molecule has 0 aliphatic carbocycles. The molecule has 2 aromatic rings. The molecule has 3 rings (SSSR count). The van der Waals surface area contributed by atoms with Gasteiger partial charge in [0.15, 0.2) is 0 Å². The molecular formula is C18H20N2O4. The monoisotopic (exact) mass is 328 g/mol. The van der Waals surface area contributed by atoms with Gasteiger partial charge in [-0.1, -0.05) is 37.3 Å².